The molecule has 0 atom stereocenters. The first-order chi connectivity index (χ1) is 19.4. The van der Waals surface area contributed by atoms with Crippen LogP contribution in [0.1, 0.15) is 18.4 Å². The predicted molar refractivity (Wildman–Crippen MR) is 156 cm³/mol. The molecule has 4 aromatic rings. The Kier molecular flexibility index (Phi) is 8.80. The van der Waals surface area contributed by atoms with Gasteiger partial charge in [0.05, 0.1) is 27.4 Å². The molecule has 208 valence electrons. The lowest BCUT2D eigenvalue weighted by Crippen LogP contribution is -2.35. The molecule has 1 aliphatic rings. The third-order valence-corrected chi connectivity index (χ3v) is 7.58. The number of ether oxygens (including phenoxy) is 2. The number of anilines is 1. The molecule has 3 aromatic heterocycles. The zero-order valence-corrected chi connectivity index (χ0v) is 23.4. The van der Waals surface area contributed by atoms with E-state index in [0.29, 0.717) is 47.8 Å². The van der Waals surface area contributed by atoms with Crippen molar-refractivity contribution in [1.29, 1.82) is 0 Å². The zero-order chi connectivity index (χ0) is 28.1. The van der Waals surface area contributed by atoms with Gasteiger partial charge in [-0.25, -0.2) is 4.39 Å². The van der Waals surface area contributed by atoms with Gasteiger partial charge < -0.3 is 30.1 Å². The van der Waals surface area contributed by atoms with E-state index in [4.69, 9.17) is 21.7 Å². The van der Waals surface area contributed by atoms with Crippen molar-refractivity contribution in [3.63, 3.8) is 0 Å². The smallest absolute Gasteiger partial charge is 0.248 e. The van der Waals surface area contributed by atoms with E-state index in [0.717, 1.165) is 33.7 Å². The number of pyridine rings is 2. The van der Waals surface area contributed by atoms with Crippen molar-refractivity contribution in [3.05, 3.63) is 66.2 Å². The average Bonchev–Trinajstić information content (AvgIpc) is 3.65. The van der Waals surface area contributed by atoms with Crippen LogP contribution in [0.2, 0.25) is 0 Å². The van der Waals surface area contributed by atoms with E-state index in [2.05, 4.69) is 20.6 Å². The number of aliphatic hydroxyl groups excluding tert-OH is 1. The second-order valence-electron chi connectivity index (χ2n) is 9.27. The fourth-order valence-electron chi connectivity index (χ4n) is 3.96. The molecule has 1 amide bonds. The van der Waals surface area contributed by atoms with Crippen molar-refractivity contribution < 1.29 is 23.8 Å². The number of carbonyl (C=O) groups is 1. The number of aliphatic hydroxyl groups is 1. The van der Waals surface area contributed by atoms with Crippen LogP contribution in [0, 0.1) is 5.82 Å². The lowest BCUT2D eigenvalue weighted by molar-refractivity contribution is -0.135. The summed E-state index contributed by atoms with van der Waals surface area (Å²) in [5.41, 5.74) is 2.80. The van der Waals surface area contributed by atoms with Crippen molar-refractivity contribution in [3.8, 4) is 22.1 Å². The van der Waals surface area contributed by atoms with E-state index in [1.165, 1.54) is 22.3 Å². The second kappa shape index (κ2) is 12.6. The third-order valence-electron chi connectivity index (χ3n) is 6.20. The highest BCUT2D eigenvalue weighted by Gasteiger charge is 2.22. The number of rotatable bonds is 11. The number of fused-ring (bicyclic) bond motifs is 1. The number of carbonyl (C=O) groups excluding carboxylic acids is 1. The maximum Gasteiger partial charge on any atom is 0.248 e. The van der Waals surface area contributed by atoms with E-state index < -0.39 is 12.4 Å². The molecule has 5 rings (SSSR count). The van der Waals surface area contributed by atoms with Gasteiger partial charge in [0.2, 0.25) is 5.91 Å². The lowest BCUT2D eigenvalue weighted by Gasteiger charge is -2.21. The van der Waals surface area contributed by atoms with E-state index in [1.807, 2.05) is 18.2 Å². The van der Waals surface area contributed by atoms with Gasteiger partial charge in [-0.1, -0.05) is 6.07 Å². The molecule has 9 nitrogen and oxygen atoms in total. The van der Waals surface area contributed by atoms with Crippen LogP contribution >= 0.6 is 23.6 Å². The molecule has 1 saturated carbocycles. The number of nitrogens with zero attached hydrogens (tertiary/aromatic N) is 3. The highest BCUT2D eigenvalue weighted by atomic mass is 32.1. The van der Waals surface area contributed by atoms with Crippen LogP contribution in [0.5, 0.6) is 11.5 Å². The van der Waals surface area contributed by atoms with Crippen LogP contribution < -0.4 is 15.4 Å². The quantitative estimate of drug-likeness (QED) is 0.217. The van der Waals surface area contributed by atoms with Gasteiger partial charge in [0.25, 0.3) is 0 Å². The van der Waals surface area contributed by atoms with Crippen LogP contribution in [0.4, 0.5) is 10.1 Å². The first-order valence-electron chi connectivity index (χ1n) is 12.7. The summed E-state index contributed by atoms with van der Waals surface area (Å²) in [7, 11) is 1.56. The van der Waals surface area contributed by atoms with Gasteiger partial charge in [-0.05, 0) is 54.9 Å². The van der Waals surface area contributed by atoms with Crippen LogP contribution in [0.3, 0.4) is 0 Å². The fraction of sp³-hybridized carbons (Fsp3) is 0.286. The van der Waals surface area contributed by atoms with Crippen molar-refractivity contribution >= 4 is 50.5 Å². The zero-order valence-electron chi connectivity index (χ0n) is 21.7. The van der Waals surface area contributed by atoms with E-state index >= 15 is 0 Å². The number of aromatic nitrogens is 2. The fourth-order valence-corrected chi connectivity index (χ4v) is 5.29. The Morgan fingerprint density at radius 1 is 1.20 bits per heavy atom. The van der Waals surface area contributed by atoms with Gasteiger partial charge in [0.1, 0.15) is 12.4 Å². The summed E-state index contributed by atoms with van der Waals surface area (Å²) in [5.74, 6) is -0.315. The van der Waals surface area contributed by atoms with Gasteiger partial charge in [0.15, 0.2) is 16.7 Å². The number of amides is 1. The molecular formula is C28H28FN5O4S2. The van der Waals surface area contributed by atoms with Crippen molar-refractivity contribution in [2.45, 2.75) is 25.4 Å². The molecule has 3 heterocycles. The molecule has 1 fully saturated rings. The molecule has 1 aliphatic carbocycles. The maximum absolute atomic E-state index is 14.9. The van der Waals surface area contributed by atoms with Crippen LogP contribution in [-0.2, 0) is 16.1 Å². The van der Waals surface area contributed by atoms with Crippen molar-refractivity contribution in [1.82, 2.24) is 20.2 Å². The average molecular weight is 582 g/mol. The Hall–Kier alpha value is -3.71. The number of hydrogen-bond donors (Lipinski definition) is 3. The molecular weight excluding hydrogens is 553 g/mol. The molecule has 40 heavy (non-hydrogen) atoms. The van der Waals surface area contributed by atoms with Gasteiger partial charge >= 0.3 is 0 Å². The minimum Gasteiger partial charge on any atom is -0.453 e. The molecule has 3 N–H and O–H groups in total. The van der Waals surface area contributed by atoms with Crippen molar-refractivity contribution in [2.75, 3.05) is 32.2 Å². The van der Waals surface area contributed by atoms with E-state index in [9.17, 15) is 14.3 Å². The van der Waals surface area contributed by atoms with Gasteiger partial charge in [-0.3, -0.25) is 14.8 Å². The van der Waals surface area contributed by atoms with Crippen LogP contribution in [0.25, 0.3) is 20.8 Å². The van der Waals surface area contributed by atoms with E-state index in [1.54, 1.807) is 37.7 Å². The standard InChI is InChI=1S/C28H28FN5O4S2/c1-37-11-10-34(26(36)16-35)15-17-2-6-21(31-14-17)25-13-22-27(40-25)24(8-9-30-22)38-23-7-5-19(12-20(23)29)33-28(39)32-18-3-4-18/h2,5-9,12-14,18,35H,3-4,10-11,15-16H2,1H3,(H2,32,33,39). The Bertz CT molecular complexity index is 1510. The molecule has 0 radical (unpaired) electrons. The van der Waals surface area contributed by atoms with Gasteiger partial charge in [-0.15, -0.1) is 11.3 Å². The maximum atomic E-state index is 14.9. The summed E-state index contributed by atoms with van der Waals surface area (Å²) >= 11 is 6.71. The second-order valence-corrected chi connectivity index (χ2v) is 10.7. The molecule has 1 aromatic carbocycles. The summed E-state index contributed by atoms with van der Waals surface area (Å²) in [5, 5.41) is 15.9. The number of nitrogens with one attached hydrogen (secondary N) is 2. The first-order valence-corrected chi connectivity index (χ1v) is 13.9. The Labute approximate surface area is 240 Å². The summed E-state index contributed by atoms with van der Waals surface area (Å²) in [6.07, 6.45) is 5.51. The lowest BCUT2D eigenvalue weighted by atomic mass is 10.2. The van der Waals surface area contributed by atoms with Crippen molar-refractivity contribution in [2.24, 2.45) is 0 Å². The number of halogens is 1. The molecule has 0 saturated heterocycles. The monoisotopic (exact) mass is 581 g/mol. The van der Waals surface area contributed by atoms with E-state index in [-0.39, 0.29) is 11.7 Å². The van der Waals surface area contributed by atoms with Crippen LogP contribution in [-0.4, -0.2) is 63.9 Å². The Morgan fingerprint density at radius 2 is 2.05 bits per heavy atom. The minimum absolute atomic E-state index is 0.0898. The largest absolute Gasteiger partial charge is 0.453 e. The Morgan fingerprint density at radius 3 is 2.75 bits per heavy atom. The predicted octanol–water partition coefficient (Wildman–Crippen LogP) is 4.71. The SMILES string of the molecule is COCCN(Cc1ccc(-c2cc3nccc(Oc4ccc(NC(=S)NC5CC5)cc4F)c3s2)nc1)C(=O)CO. The summed E-state index contributed by atoms with van der Waals surface area (Å²) in [6.45, 7) is 0.483. The number of methoxy groups -OCH3 is 1. The molecule has 12 heteroatoms. The minimum atomic E-state index is -0.564. The van der Waals surface area contributed by atoms with Gasteiger partial charge in [0, 0.05) is 56.5 Å². The topological polar surface area (TPSA) is 109 Å². The number of benzene rings is 1. The molecule has 0 aliphatic heterocycles. The number of hydrogen-bond acceptors (Lipinski definition) is 8. The summed E-state index contributed by atoms with van der Waals surface area (Å²) in [6, 6.07) is 12.4. The first kappa shape index (κ1) is 27.8. The highest BCUT2D eigenvalue weighted by Crippen LogP contribution is 2.39. The normalized spacial score (nSPS) is 12.8. The number of thiophene rings is 1. The highest BCUT2D eigenvalue weighted by molar-refractivity contribution is 7.80. The molecule has 0 spiro atoms. The van der Waals surface area contributed by atoms with Crippen LogP contribution in [0.15, 0.2) is 54.9 Å². The molecule has 0 bridgehead atoms. The molecule has 0 unspecified atom stereocenters. The van der Waals surface area contributed by atoms with Gasteiger partial charge in [-0.2, -0.15) is 0 Å². The number of thiocarbonyl (C=S) groups is 1. The third kappa shape index (κ3) is 6.89. The summed E-state index contributed by atoms with van der Waals surface area (Å²) in [4.78, 5) is 23.4. The Balaban J connectivity index is 1.30. The summed E-state index contributed by atoms with van der Waals surface area (Å²) < 4.78 is 26.7.